The van der Waals surface area contributed by atoms with Crippen molar-refractivity contribution in [1.29, 1.82) is 0 Å². The van der Waals surface area contributed by atoms with Crippen LogP contribution in [0.5, 0.6) is 5.88 Å². The first-order valence-electron chi connectivity index (χ1n) is 8.84. The zero-order valence-corrected chi connectivity index (χ0v) is 16.2. The number of nitrogens with two attached hydrogens (primary N) is 2. The molecule has 0 saturated carbocycles. The molecule has 1 aromatic carbocycles. The van der Waals surface area contributed by atoms with Gasteiger partial charge in [0, 0.05) is 17.2 Å². The maximum Gasteiger partial charge on any atom is 0.215 e. The van der Waals surface area contributed by atoms with Gasteiger partial charge in [-0.2, -0.15) is 5.10 Å². The fourth-order valence-corrected chi connectivity index (χ4v) is 3.60. The van der Waals surface area contributed by atoms with Crippen molar-refractivity contribution in [1.82, 2.24) is 10.4 Å². The Morgan fingerprint density at radius 1 is 1.10 bits per heavy atom. The Hall–Kier alpha value is -3.62. The molecule has 0 saturated heterocycles. The molecular formula is C21H19N5O2S. The van der Waals surface area contributed by atoms with Crippen molar-refractivity contribution >= 4 is 17.2 Å². The monoisotopic (exact) mass is 405 g/mol. The Kier molecular flexibility index (Phi) is 5.55. The lowest BCUT2D eigenvalue weighted by Gasteiger charge is -2.20. The lowest BCUT2D eigenvalue weighted by atomic mass is 10.1. The predicted octanol–water partition coefficient (Wildman–Crippen LogP) is 3.93. The summed E-state index contributed by atoms with van der Waals surface area (Å²) in [5.74, 6) is 12.5. The van der Waals surface area contributed by atoms with Gasteiger partial charge >= 0.3 is 0 Å². The number of nitrogens with zero attached hydrogens (tertiary/aromatic N) is 2. The standard InChI is InChI=1S/C21H19N5O2S/c22-25-21(26-23)20(14-6-2-1-3-7-14)28-19-13-15(17-8-4-10-27-17)12-16(24-19)18-9-5-11-29-18/h1-13,20H,22-23H2,(H,25,26). The molecule has 0 spiro atoms. The van der Waals surface area contributed by atoms with E-state index in [2.05, 4.69) is 15.5 Å². The summed E-state index contributed by atoms with van der Waals surface area (Å²) in [6, 6.07) is 21.0. The number of furan rings is 1. The molecule has 0 fully saturated rings. The zero-order chi connectivity index (χ0) is 20.1. The average molecular weight is 405 g/mol. The molecule has 7 nitrogen and oxygen atoms in total. The van der Waals surface area contributed by atoms with Crippen molar-refractivity contribution in [3.8, 4) is 27.8 Å². The summed E-state index contributed by atoms with van der Waals surface area (Å²) in [5, 5.41) is 5.74. The molecule has 146 valence electrons. The van der Waals surface area contributed by atoms with Gasteiger partial charge in [-0.3, -0.25) is 0 Å². The molecule has 4 aromatic rings. The van der Waals surface area contributed by atoms with E-state index in [1.807, 2.05) is 72.1 Å². The number of hydrogen-bond acceptors (Lipinski definition) is 7. The molecular weight excluding hydrogens is 386 g/mol. The van der Waals surface area contributed by atoms with Gasteiger partial charge in [-0.15, -0.1) is 11.3 Å². The molecule has 5 N–H and O–H groups in total. The number of ether oxygens (including phenoxy) is 1. The minimum atomic E-state index is -0.651. The van der Waals surface area contributed by atoms with Crippen LogP contribution in [0.2, 0.25) is 0 Å². The van der Waals surface area contributed by atoms with Crippen LogP contribution < -0.4 is 21.8 Å². The predicted molar refractivity (Wildman–Crippen MR) is 114 cm³/mol. The highest BCUT2D eigenvalue weighted by atomic mass is 32.1. The van der Waals surface area contributed by atoms with Gasteiger partial charge < -0.3 is 20.4 Å². The van der Waals surface area contributed by atoms with E-state index in [0.717, 1.165) is 27.5 Å². The molecule has 0 aliphatic rings. The number of rotatable bonds is 6. The van der Waals surface area contributed by atoms with Gasteiger partial charge in [0.2, 0.25) is 5.88 Å². The molecule has 1 atom stereocenters. The largest absolute Gasteiger partial charge is 0.464 e. The Morgan fingerprint density at radius 3 is 2.62 bits per heavy atom. The first-order chi connectivity index (χ1) is 14.3. The van der Waals surface area contributed by atoms with Gasteiger partial charge in [-0.25, -0.2) is 10.8 Å². The van der Waals surface area contributed by atoms with Crippen molar-refractivity contribution in [3.05, 3.63) is 83.9 Å². The van der Waals surface area contributed by atoms with Crippen LogP contribution in [0.1, 0.15) is 11.7 Å². The topological polar surface area (TPSA) is 112 Å². The molecule has 0 radical (unpaired) electrons. The number of hydrazone groups is 1. The van der Waals surface area contributed by atoms with Crippen LogP contribution in [0, 0.1) is 0 Å². The number of pyridine rings is 1. The lowest BCUT2D eigenvalue weighted by molar-refractivity contribution is 0.258. The van der Waals surface area contributed by atoms with Crippen molar-refractivity contribution in [2.24, 2.45) is 16.8 Å². The number of amidine groups is 1. The van der Waals surface area contributed by atoms with Gasteiger partial charge in [0.15, 0.2) is 11.9 Å². The maximum atomic E-state index is 6.22. The third-order valence-corrected chi connectivity index (χ3v) is 5.15. The fourth-order valence-electron chi connectivity index (χ4n) is 2.91. The number of nitrogens with one attached hydrogen (secondary N) is 1. The van der Waals surface area contributed by atoms with E-state index < -0.39 is 6.10 Å². The molecule has 0 bridgehead atoms. The van der Waals surface area contributed by atoms with E-state index in [9.17, 15) is 0 Å². The summed E-state index contributed by atoms with van der Waals surface area (Å²) >= 11 is 1.60. The van der Waals surface area contributed by atoms with Crippen molar-refractivity contribution in [2.75, 3.05) is 0 Å². The second-order valence-corrected chi connectivity index (χ2v) is 7.05. The molecule has 1 unspecified atom stereocenters. The van der Waals surface area contributed by atoms with Crippen molar-refractivity contribution in [2.45, 2.75) is 6.10 Å². The number of thiophene rings is 1. The highest BCUT2D eigenvalue weighted by Crippen LogP contribution is 2.32. The van der Waals surface area contributed by atoms with Crippen molar-refractivity contribution < 1.29 is 9.15 Å². The summed E-state index contributed by atoms with van der Waals surface area (Å²) in [4.78, 5) is 5.70. The van der Waals surface area contributed by atoms with E-state index in [4.69, 9.17) is 20.8 Å². The number of hydrazine groups is 1. The van der Waals surface area contributed by atoms with Crippen molar-refractivity contribution in [3.63, 3.8) is 0 Å². The SMILES string of the molecule is N/N=C(\NN)C(Oc1cc(-c2ccco2)cc(-c2cccs2)n1)c1ccccc1. The molecule has 0 amide bonds. The summed E-state index contributed by atoms with van der Waals surface area (Å²) in [7, 11) is 0. The summed E-state index contributed by atoms with van der Waals surface area (Å²) in [5.41, 5.74) is 4.97. The average Bonchev–Trinajstić information content (AvgIpc) is 3.48. The van der Waals surface area contributed by atoms with Crippen LogP contribution in [0.3, 0.4) is 0 Å². The molecule has 0 aliphatic carbocycles. The van der Waals surface area contributed by atoms with Crippen LogP contribution >= 0.6 is 11.3 Å². The highest BCUT2D eigenvalue weighted by Gasteiger charge is 2.22. The highest BCUT2D eigenvalue weighted by molar-refractivity contribution is 7.13. The quantitative estimate of drug-likeness (QED) is 0.194. The van der Waals surface area contributed by atoms with Crippen LogP contribution in [0.25, 0.3) is 21.9 Å². The molecule has 0 aliphatic heterocycles. The number of aromatic nitrogens is 1. The smallest absolute Gasteiger partial charge is 0.215 e. The van der Waals surface area contributed by atoms with E-state index in [-0.39, 0.29) is 5.84 Å². The minimum absolute atomic E-state index is 0.277. The summed E-state index contributed by atoms with van der Waals surface area (Å²) in [6.07, 6.45) is 0.979. The van der Waals surface area contributed by atoms with E-state index in [1.54, 1.807) is 17.6 Å². The third kappa shape index (κ3) is 4.13. The van der Waals surface area contributed by atoms with Gasteiger partial charge in [-0.05, 0) is 29.6 Å². The van der Waals surface area contributed by atoms with Crippen LogP contribution in [0.4, 0.5) is 0 Å². The molecule has 3 aromatic heterocycles. The Morgan fingerprint density at radius 2 is 1.97 bits per heavy atom. The van der Waals surface area contributed by atoms with E-state index >= 15 is 0 Å². The zero-order valence-electron chi connectivity index (χ0n) is 15.4. The van der Waals surface area contributed by atoms with Crippen LogP contribution in [-0.4, -0.2) is 10.8 Å². The molecule has 3 heterocycles. The van der Waals surface area contributed by atoms with E-state index in [1.165, 1.54) is 0 Å². The van der Waals surface area contributed by atoms with Crippen LogP contribution in [-0.2, 0) is 0 Å². The first-order valence-corrected chi connectivity index (χ1v) is 9.72. The number of benzene rings is 1. The molecule has 29 heavy (non-hydrogen) atoms. The second-order valence-electron chi connectivity index (χ2n) is 6.10. The minimum Gasteiger partial charge on any atom is -0.464 e. The van der Waals surface area contributed by atoms with E-state index in [0.29, 0.717) is 5.88 Å². The number of hydrogen-bond donors (Lipinski definition) is 3. The Labute approximate surface area is 171 Å². The Bertz CT molecular complexity index is 1030. The van der Waals surface area contributed by atoms with Gasteiger partial charge in [0.25, 0.3) is 0 Å². The maximum absolute atomic E-state index is 6.22. The second kappa shape index (κ2) is 8.59. The van der Waals surface area contributed by atoms with Gasteiger partial charge in [0.1, 0.15) is 5.76 Å². The first kappa shape index (κ1) is 18.7. The lowest BCUT2D eigenvalue weighted by Crippen LogP contribution is -2.38. The molecule has 8 heteroatoms. The third-order valence-electron chi connectivity index (χ3n) is 4.26. The van der Waals surface area contributed by atoms with Gasteiger partial charge in [0.05, 0.1) is 16.8 Å². The Balaban J connectivity index is 1.78. The summed E-state index contributed by atoms with van der Waals surface area (Å²) < 4.78 is 11.8. The molecule has 4 rings (SSSR count). The van der Waals surface area contributed by atoms with Gasteiger partial charge in [-0.1, -0.05) is 36.4 Å². The summed E-state index contributed by atoms with van der Waals surface area (Å²) in [6.45, 7) is 0. The normalized spacial score (nSPS) is 12.5. The van der Waals surface area contributed by atoms with Crippen LogP contribution in [0.15, 0.2) is 87.9 Å². The fraction of sp³-hybridized carbons (Fsp3) is 0.0476.